The molecule has 1 aromatic carbocycles. The van der Waals surface area contributed by atoms with E-state index in [1.807, 2.05) is 0 Å². The molecule has 0 aliphatic carbocycles. The number of aliphatic hydroxyl groups is 1. The van der Waals surface area contributed by atoms with E-state index >= 15 is 0 Å². The van der Waals surface area contributed by atoms with E-state index in [1.54, 1.807) is 38.1 Å². The standard InChI is InChI=1S/C13H18N4O3S/c1-8-13(9(2)17-16-8)21(19,20)15-7-12(18)10-3-5-11(14)6-4-10/h3-6,12,15,18H,7,14H2,1-2H3,(H,16,17). The molecule has 1 unspecified atom stereocenters. The van der Waals surface area contributed by atoms with Crippen LogP contribution < -0.4 is 10.5 Å². The third-order valence-corrected chi connectivity index (χ3v) is 4.80. The van der Waals surface area contributed by atoms with E-state index in [0.29, 0.717) is 22.6 Å². The lowest BCUT2D eigenvalue weighted by Crippen LogP contribution is -2.29. The molecule has 2 rings (SSSR count). The average Bonchev–Trinajstić information content (AvgIpc) is 2.77. The van der Waals surface area contributed by atoms with Gasteiger partial charge in [0.15, 0.2) is 0 Å². The minimum atomic E-state index is -3.72. The number of sulfonamides is 1. The number of aryl methyl sites for hydroxylation is 2. The van der Waals surface area contributed by atoms with Crippen LogP contribution in [0.5, 0.6) is 0 Å². The van der Waals surface area contributed by atoms with Gasteiger partial charge in [-0.25, -0.2) is 13.1 Å². The fourth-order valence-electron chi connectivity index (χ4n) is 2.03. The summed E-state index contributed by atoms with van der Waals surface area (Å²) in [5, 5.41) is 16.5. The minimum absolute atomic E-state index is 0.118. The first-order valence-corrected chi connectivity index (χ1v) is 7.84. The Morgan fingerprint density at radius 2 is 1.95 bits per heavy atom. The van der Waals surface area contributed by atoms with E-state index in [9.17, 15) is 13.5 Å². The molecule has 7 nitrogen and oxygen atoms in total. The fraction of sp³-hybridized carbons (Fsp3) is 0.308. The molecule has 1 atom stereocenters. The molecule has 0 fully saturated rings. The number of hydrogen-bond acceptors (Lipinski definition) is 5. The lowest BCUT2D eigenvalue weighted by atomic mass is 10.1. The molecule has 0 aliphatic rings. The zero-order valence-electron chi connectivity index (χ0n) is 11.8. The van der Waals surface area contributed by atoms with Gasteiger partial charge in [-0.3, -0.25) is 5.10 Å². The van der Waals surface area contributed by atoms with Crippen LogP contribution in [-0.4, -0.2) is 30.3 Å². The van der Waals surface area contributed by atoms with Crippen molar-refractivity contribution < 1.29 is 13.5 Å². The van der Waals surface area contributed by atoms with Crippen molar-refractivity contribution in [3.8, 4) is 0 Å². The second-order valence-corrected chi connectivity index (χ2v) is 6.50. The Kier molecular flexibility index (Phi) is 4.31. The topological polar surface area (TPSA) is 121 Å². The van der Waals surface area contributed by atoms with Crippen LogP contribution in [0.2, 0.25) is 0 Å². The first-order valence-electron chi connectivity index (χ1n) is 6.36. The van der Waals surface area contributed by atoms with Crippen molar-refractivity contribution in [1.29, 1.82) is 0 Å². The zero-order chi connectivity index (χ0) is 15.6. The Bertz CT molecular complexity index is 703. The van der Waals surface area contributed by atoms with Crippen molar-refractivity contribution in [3.05, 3.63) is 41.2 Å². The predicted octanol–water partition coefficient (Wildman–Crippen LogP) is 0.621. The van der Waals surface area contributed by atoms with Crippen molar-refractivity contribution in [2.45, 2.75) is 24.8 Å². The maximum atomic E-state index is 12.2. The highest BCUT2D eigenvalue weighted by Crippen LogP contribution is 2.18. The summed E-state index contributed by atoms with van der Waals surface area (Å²) in [5.74, 6) is 0. The van der Waals surface area contributed by atoms with Crippen molar-refractivity contribution in [2.24, 2.45) is 0 Å². The number of rotatable bonds is 5. The SMILES string of the molecule is Cc1n[nH]c(C)c1S(=O)(=O)NCC(O)c1ccc(N)cc1. The van der Waals surface area contributed by atoms with E-state index in [0.717, 1.165) is 0 Å². The first-order chi connectivity index (χ1) is 9.81. The van der Waals surface area contributed by atoms with Gasteiger partial charge in [0.2, 0.25) is 10.0 Å². The summed E-state index contributed by atoms with van der Waals surface area (Å²) in [6.07, 6.45) is -0.951. The predicted molar refractivity (Wildman–Crippen MR) is 79.1 cm³/mol. The second kappa shape index (κ2) is 5.84. The van der Waals surface area contributed by atoms with Gasteiger partial charge >= 0.3 is 0 Å². The molecule has 0 saturated carbocycles. The summed E-state index contributed by atoms with van der Waals surface area (Å²) < 4.78 is 26.8. The molecule has 0 saturated heterocycles. The van der Waals surface area contributed by atoms with Crippen LogP contribution in [0.3, 0.4) is 0 Å². The van der Waals surface area contributed by atoms with Crippen LogP contribution in [0.1, 0.15) is 23.1 Å². The number of aliphatic hydroxyl groups excluding tert-OH is 1. The molecule has 0 spiro atoms. The second-order valence-electron chi connectivity index (χ2n) is 4.80. The number of nitrogens with zero attached hydrogens (tertiary/aromatic N) is 1. The third kappa shape index (κ3) is 3.41. The molecule has 0 bridgehead atoms. The van der Waals surface area contributed by atoms with Gasteiger partial charge in [0.1, 0.15) is 4.90 Å². The fourth-order valence-corrected chi connectivity index (χ4v) is 3.44. The quantitative estimate of drug-likeness (QED) is 0.603. The van der Waals surface area contributed by atoms with Crippen molar-refractivity contribution in [3.63, 3.8) is 0 Å². The smallest absolute Gasteiger partial charge is 0.244 e. The van der Waals surface area contributed by atoms with Gasteiger partial charge < -0.3 is 10.8 Å². The Morgan fingerprint density at radius 1 is 1.33 bits per heavy atom. The van der Waals surface area contributed by atoms with E-state index in [2.05, 4.69) is 14.9 Å². The number of aromatic amines is 1. The molecule has 114 valence electrons. The highest BCUT2D eigenvalue weighted by molar-refractivity contribution is 7.89. The van der Waals surface area contributed by atoms with E-state index < -0.39 is 16.1 Å². The molecule has 8 heteroatoms. The van der Waals surface area contributed by atoms with E-state index in [-0.39, 0.29) is 11.4 Å². The number of anilines is 1. The summed E-state index contributed by atoms with van der Waals surface area (Å²) in [7, 11) is -3.72. The summed E-state index contributed by atoms with van der Waals surface area (Å²) in [4.78, 5) is 0.118. The molecule has 0 aliphatic heterocycles. The number of nitrogens with two attached hydrogens (primary N) is 1. The molecule has 1 heterocycles. The Hall–Kier alpha value is -1.90. The molecule has 5 N–H and O–H groups in total. The number of nitrogen functional groups attached to an aromatic ring is 1. The summed E-state index contributed by atoms with van der Waals surface area (Å²) >= 11 is 0. The van der Waals surface area contributed by atoms with Crippen molar-refractivity contribution >= 4 is 15.7 Å². The van der Waals surface area contributed by atoms with Crippen LogP contribution >= 0.6 is 0 Å². The van der Waals surface area contributed by atoms with Gasteiger partial charge in [-0.05, 0) is 31.5 Å². The lowest BCUT2D eigenvalue weighted by Gasteiger charge is -2.13. The number of benzene rings is 1. The summed E-state index contributed by atoms with van der Waals surface area (Å²) in [5.41, 5.74) is 7.58. The van der Waals surface area contributed by atoms with Crippen molar-refractivity contribution in [2.75, 3.05) is 12.3 Å². The average molecular weight is 310 g/mol. The summed E-state index contributed by atoms with van der Waals surface area (Å²) in [6.45, 7) is 3.11. The Balaban J connectivity index is 2.10. The molecule has 1 aromatic heterocycles. The number of H-pyrrole nitrogens is 1. The van der Waals surface area contributed by atoms with Gasteiger partial charge in [-0.1, -0.05) is 12.1 Å². The largest absolute Gasteiger partial charge is 0.399 e. The van der Waals surface area contributed by atoms with Gasteiger partial charge in [-0.2, -0.15) is 5.10 Å². The molecular formula is C13H18N4O3S. The van der Waals surface area contributed by atoms with Crippen LogP contribution in [0, 0.1) is 13.8 Å². The first kappa shape index (κ1) is 15.5. The van der Waals surface area contributed by atoms with Gasteiger partial charge in [0.05, 0.1) is 17.5 Å². The minimum Gasteiger partial charge on any atom is -0.399 e. The molecular weight excluding hydrogens is 292 g/mol. The molecule has 0 radical (unpaired) electrons. The van der Waals surface area contributed by atoms with Gasteiger partial charge in [0, 0.05) is 12.2 Å². The van der Waals surface area contributed by atoms with Crippen molar-refractivity contribution in [1.82, 2.24) is 14.9 Å². The maximum absolute atomic E-state index is 12.2. The van der Waals surface area contributed by atoms with E-state index in [1.165, 1.54) is 0 Å². The Labute approximate surface area is 123 Å². The van der Waals surface area contributed by atoms with Gasteiger partial charge in [-0.15, -0.1) is 0 Å². The summed E-state index contributed by atoms with van der Waals surface area (Å²) in [6, 6.07) is 6.61. The zero-order valence-corrected chi connectivity index (χ0v) is 12.6. The lowest BCUT2D eigenvalue weighted by molar-refractivity contribution is 0.182. The Morgan fingerprint density at radius 3 is 2.48 bits per heavy atom. The van der Waals surface area contributed by atoms with E-state index in [4.69, 9.17) is 5.73 Å². The highest BCUT2D eigenvalue weighted by atomic mass is 32.2. The molecule has 0 amide bonds. The highest BCUT2D eigenvalue weighted by Gasteiger charge is 2.23. The molecule has 2 aromatic rings. The van der Waals surface area contributed by atoms with Crippen LogP contribution in [0.25, 0.3) is 0 Å². The van der Waals surface area contributed by atoms with Crippen LogP contribution in [0.15, 0.2) is 29.2 Å². The number of hydrogen-bond donors (Lipinski definition) is 4. The van der Waals surface area contributed by atoms with Crippen LogP contribution in [0.4, 0.5) is 5.69 Å². The van der Waals surface area contributed by atoms with Crippen LogP contribution in [-0.2, 0) is 10.0 Å². The number of nitrogens with one attached hydrogen (secondary N) is 2. The third-order valence-electron chi connectivity index (χ3n) is 3.12. The normalized spacial score (nSPS) is 13.3. The number of aromatic nitrogens is 2. The maximum Gasteiger partial charge on any atom is 0.244 e. The molecule has 21 heavy (non-hydrogen) atoms. The van der Waals surface area contributed by atoms with Gasteiger partial charge in [0.25, 0.3) is 0 Å². The monoisotopic (exact) mass is 310 g/mol.